The number of rotatable bonds is 14. The first-order valence-corrected chi connectivity index (χ1v) is 15.5. The Morgan fingerprint density at radius 2 is 1.76 bits per heavy atom. The highest BCUT2D eigenvalue weighted by molar-refractivity contribution is 5.94. The molecule has 0 bridgehead atoms. The molecule has 3 atom stereocenters. The Morgan fingerprint density at radius 1 is 1.04 bits per heavy atom. The summed E-state index contributed by atoms with van der Waals surface area (Å²) in [5, 5.41) is 13.7. The molecule has 5 rings (SSSR count). The number of anilines is 1. The van der Waals surface area contributed by atoms with Crippen molar-refractivity contribution in [3.8, 4) is 17.2 Å². The number of hydrogen-bond acceptors (Lipinski definition) is 8. The Hall–Kier alpha value is -4.19. The maximum absolute atomic E-state index is 14.3. The topological polar surface area (TPSA) is 116 Å². The molecule has 3 aromatic carbocycles. The number of ether oxygens (including phenoxy) is 5. The maximum atomic E-state index is 14.3. The number of likely N-dealkylation sites (tertiary alicyclic amines) is 1. The van der Waals surface area contributed by atoms with E-state index in [1.54, 1.807) is 19.2 Å². The molecule has 1 amide bonds. The van der Waals surface area contributed by atoms with Crippen molar-refractivity contribution in [3.05, 3.63) is 82.2 Å². The van der Waals surface area contributed by atoms with Crippen molar-refractivity contribution in [2.45, 2.75) is 45.6 Å². The van der Waals surface area contributed by atoms with Crippen molar-refractivity contribution in [1.29, 1.82) is 0 Å². The molecule has 1 saturated heterocycles. The minimum Gasteiger partial charge on any atom is -0.481 e. The van der Waals surface area contributed by atoms with Crippen molar-refractivity contribution in [2.24, 2.45) is 5.92 Å². The minimum atomic E-state index is -0.970. The second kappa shape index (κ2) is 14.9. The third-order valence-corrected chi connectivity index (χ3v) is 8.71. The van der Waals surface area contributed by atoms with Crippen molar-refractivity contribution in [1.82, 2.24) is 4.90 Å². The number of benzene rings is 3. The fraction of sp³-hybridized carbons (Fsp3) is 0.429. The number of hydrogen-bond donors (Lipinski definition) is 2. The Morgan fingerprint density at radius 3 is 2.41 bits per heavy atom. The van der Waals surface area contributed by atoms with Gasteiger partial charge in [-0.05, 0) is 77.9 Å². The molecule has 46 heavy (non-hydrogen) atoms. The van der Waals surface area contributed by atoms with Crippen LogP contribution in [-0.4, -0.2) is 68.9 Å². The zero-order valence-corrected chi connectivity index (χ0v) is 26.6. The highest BCUT2D eigenvalue weighted by Crippen LogP contribution is 2.49. The molecule has 1 fully saturated rings. The number of aryl methyl sites for hydroxylation is 2. The Kier molecular flexibility index (Phi) is 10.8. The molecule has 246 valence electrons. The number of methoxy groups -OCH3 is 1. The first-order valence-electron chi connectivity index (χ1n) is 15.5. The predicted octanol–water partition coefficient (Wildman–Crippen LogP) is 5.47. The van der Waals surface area contributed by atoms with E-state index in [4.69, 9.17) is 23.7 Å². The van der Waals surface area contributed by atoms with E-state index in [-0.39, 0.29) is 31.9 Å². The van der Waals surface area contributed by atoms with Gasteiger partial charge in [-0.3, -0.25) is 14.5 Å². The lowest BCUT2D eigenvalue weighted by Gasteiger charge is -2.27. The molecule has 0 aliphatic carbocycles. The normalized spacial score (nSPS) is 18.9. The smallest absolute Gasteiger partial charge is 0.309 e. The number of nitrogens with one attached hydrogen (secondary N) is 1. The van der Waals surface area contributed by atoms with Crippen LogP contribution >= 0.6 is 0 Å². The molecule has 0 saturated carbocycles. The second-order valence-electron chi connectivity index (χ2n) is 11.4. The maximum Gasteiger partial charge on any atom is 0.309 e. The van der Waals surface area contributed by atoms with Crippen molar-refractivity contribution in [2.75, 3.05) is 52.3 Å². The van der Waals surface area contributed by atoms with E-state index < -0.39 is 23.8 Å². The van der Waals surface area contributed by atoms with E-state index in [9.17, 15) is 19.1 Å². The SMILES string of the molecule is CCc1cc(F)cc(CC)c1NC(=O)CN1C[C@H](c2ccc3c(c2C)OCO3)C(C(=O)O)[C@@H]1c1ccc(OCOCCOC)cc1. The average Bonchev–Trinajstić information content (AvgIpc) is 3.68. The summed E-state index contributed by atoms with van der Waals surface area (Å²) in [6.45, 7) is 6.97. The number of carbonyl (C=O) groups is 2. The van der Waals surface area contributed by atoms with E-state index in [1.807, 2.05) is 49.9 Å². The van der Waals surface area contributed by atoms with Crippen LogP contribution in [0.3, 0.4) is 0 Å². The Bertz CT molecular complexity index is 1520. The molecule has 2 heterocycles. The van der Waals surface area contributed by atoms with E-state index in [1.165, 1.54) is 12.1 Å². The van der Waals surface area contributed by atoms with E-state index in [0.29, 0.717) is 66.7 Å². The Balaban J connectivity index is 1.45. The molecule has 0 aromatic heterocycles. The van der Waals surface area contributed by atoms with Gasteiger partial charge in [0.1, 0.15) is 11.6 Å². The zero-order valence-electron chi connectivity index (χ0n) is 26.6. The molecule has 2 aliphatic rings. The van der Waals surface area contributed by atoms with Crippen LogP contribution in [0.5, 0.6) is 17.2 Å². The van der Waals surface area contributed by atoms with Crippen LogP contribution in [-0.2, 0) is 31.9 Å². The average molecular weight is 637 g/mol. The van der Waals surface area contributed by atoms with Crippen LogP contribution in [0, 0.1) is 18.7 Å². The van der Waals surface area contributed by atoms with Crippen LogP contribution in [0.25, 0.3) is 0 Å². The molecule has 10 nitrogen and oxygen atoms in total. The van der Waals surface area contributed by atoms with Crippen molar-refractivity contribution >= 4 is 17.6 Å². The fourth-order valence-electron chi connectivity index (χ4n) is 6.51. The van der Waals surface area contributed by atoms with Crippen LogP contribution in [0.15, 0.2) is 48.5 Å². The van der Waals surface area contributed by atoms with Gasteiger partial charge in [0.2, 0.25) is 12.7 Å². The number of amides is 1. The molecular weight excluding hydrogens is 595 g/mol. The summed E-state index contributed by atoms with van der Waals surface area (Å²) in [5.74, 6) is -1.14. The number of carboxylic acid groups (broad SMARTS) is 1. The van der Waals surface area contributed by atoms with Gasteiger partial charge in [0.05, 0.1) is 25.7 Å². The third kappa shape index (κ3) is 7.11. The van der Waals surface area contributed by atoms with Crippen molar-refractivity contribution in [3.63, 3.8) is 0 Å². The number of fused-ring (bicyclic) bond motifs is 1. The summed E-state index contributed by atoms with van der Waals surface area (Å²) in [7, 11) is 1.59. The number of aliphatic carboxylic acids is 1. The molecule has 2 N–H and O–H groups in total. The number of halogens is 1. The van der Waals surface area contributed by atoms with E-state index in [2.05, 4.69) is 5.32 Å². The largest absolute Gasteiger partial charge is 0.481 e. The highest BCUT2D eigenvalue weighted by Gasteiger charge is 2.48. The summed E-state index contributed by atoms with van der Waals surface area (Å²) in [5.41, 5.74) is 4.42. The van der Waals surface area contributed by atoms with E-state index in [0.717, 1.165) is 16.7 Å². The van der Waals surface area contributed by atoms with Crippen LogP contribution < -0.4 is 19.5 Å². The first kappa shape index (κ1) is 33.2. The van der Waals surface area contributed by atoms with Gasteiger partial charge in [0.15, 0.2) is 18.3 Å². The zero-order chi connectivity index (χ0) is 32.8. The van der Waals surface area contributed by atoms with Crippen LogP contribution in [0.2, 0.25) is 0 Å². The third-order valence-electron chi connectivity index (χ3n) is 8.71. The van der Waals surface area contributed by atoms with E-state index >= 15 is 0 Å². The van der Waals surface area contributed by atoms with Gasteiger partial charge < -0.3 is 34.1 Å². The summed E-state index contributed by atoms with van der Waals surface area (Å²) >= 11 is 0. The first-order chi connectivity index (χ1) is 22.2. The van der Waals surface area contributed by atoms with Gasteiger partial charge in [-0.25, -0.2) is 4.39 Å². The molecule has 1 unspecified atom stereocenters. The summed E-state index contributed by atoms with van der Waals surface area (Å²) in [6, 6.07) is 13.2. The lowest BCUT2D eigenvalue weighted by atomic mass is 9.81. The molecule has 0 spiro atoms. The summed E-state index contributed by atoms with van der Waals surface area (Å²) in [6.07, 6.45) is 1.09. The minimum absolute atomic E-state index is 0.0462. The quantitative estimate of drug-likeness (QED) is 0.176. The number of carboxylic acids is 1. The number of carbonyl (C=O) groups excluding carboxylic acids is 1. The van der Waals surface area contributed by atoms with Gasteiger partial charge in [0, 0.05) is 31.3 Å². The van der Waals surface area contributed by atoms with Gasteiger partial charge in [0.25, 0.3) is 0 Å². The predicted molar refractivity (Wildman–Crippen MR) is 169 cm³/mol. The number of nitrogens with zero attached hydrogens (tertiary/aromatic N) is 1. The van der Waals surface area contributed by atoms with Crippen molar-refractivity contribution < 1.29 is 42.8 Å². The standard InChI is InChI=1S/C35H41FN2O8/c1-5-22-15-25(36)16-23(6-2)32(22)37-30(39)18-38-17-28(27-11-12-29-34(21(27)3)46-20-45-29)31(35(40)41)33(38)24-7-9-26(10-8-24)44-19-43-14-13-42-4/h7-12,15-16,28,31,33H,5-6,13-14,17-20H2,1-4H3,(H,37,39)(H,40,41)/t28-,31?,33+/m1/s1. The molecule has 11 heteroatoms. The second-order valence-corrected chi connectivity index (χ2v) is 11.4. The van der Waals surface area contributed by atoms with Gasteiger partial charge in [-0.1, -0.05) is 32.0 Å². The Labute approximate surface area is 268 Å². The fourth-order valence-corrected chi connectivity index (χ4v) is 6.51. The summed E-state index contributed by atoms with van der Waals surface area (Å²) in [4.78, 5) is 28.7. The monoisotopic (exact) mass is 636 g/mol. The van der Waals surface area contributed by atoms with Crippen LogP contribution in [0.1, 0.15) is 53.6 Å². The molecule has 0 radical (unpaired) electrons. The lowest BCUT2D eigenvalue weighted by Crippen LogP contribution is -2.35. The van der Waals surface area contributed by atoms with Gasteiger partial charge in [-0.15, -0.1) is 0 Å². The van der Waals surface area contributed by atoms with Gasteiger partial charge >= 0.3 is 5.97 Å². The highest BCUT2D eigenvalue weighted by atomic mass is 19.1. The molecule has 3 aromatic rings. The van der Waals surface area contributed by atoms with Crippen LogP contribution in [0.4, 0.5) is 10.1 Å². The lowest BCUT2D eigenvalue weighted by molar-refractivity contribution is -0.143. The summed E-state index contributed by atoms with van der Waals surface area (Å²) < 4.78 is 41.6. The molecule has 2 aliphatic heterocycles. The van der Waals surface area contributed by atoms with Gasteiger partial charge in [-0.2, -0.15) is 0 Å². The molecular formula is C35H41FN2O8.